The minimum absolute atomic E-state index is 0.0197. The van der Waals surface area contributed by atoms with Gasteiger partial charge in [-0.15, -0.1) is 0 Å². The van der Waals surface area contributed by atoms with E-state index < -0.39 is 82.5 Å². The van der Waals surface area contributed by atoms with Crippen molar-refractivity contribution in [2.75, 3.05) is 26.2 Å². The van der Waals surface area contributed by atoms with Crippen LogP contribution in [0.3, 0.4) is 0 Å². The van der Waals surface area contributed by atoms with Crippen molar-refractivity contribution < 1.29 is 57.4 Å². The molecule has 0 aliphatic carbocycles. The number of esters is 2. The third-order valence-electron chi connectivity index (χ3n) is 7.46. The summed E-state index contributed by atoms with van der Waals surface area (Å²) in [7, 11) is 0. The molecule has 2 aliphatic rings. The summed E-state index contributed by atoms with van der Waals surface area (Å²) in [5, 5.41) is 10.1. The second kappa shape index (κ2) is 20.7. The molecule has 2 atom stereocenters. The van der Waals surface area contributed by atoms with Crippen LogP contribution in [0.25, 0.3) is 0 Å². The van der Waals surface area contributed by atoms with Crippen molar-refractivity contribution in [3.63, 3.8) is 0 Å². The molecule has 2 aliphatic heterocycles. The first-order valence-corrected chi connectivity index (χ1v) is 17.8. The zero-order valence-corrected chi connectivity index (χ0v) is 31.7. The van der Waals surface area contributed by atoms with Gasteiger partial charge in [0.1, 0.15) is 23.3 Å². The Hall–Kier alpha value is -5.42. The van der Waals surface area contributed by atoms with Gasteiger partial charge >= 0.3 is 11.9 Å². The minimum atomic E-state index is -1.70. The van der Waals surface area contributed by atoms with Crippen molar-refractivity contribution in [2.24, 2.45) is 0 Å². The highest BCUT2D eigenvalue weighted by molar-refractivity contribution is 6.13. The van der Waals surface area contributed by atoms with Gasteiger partial charge in [-0.3, -0.25) is 57.7 Å². The predicted octanol–water partition coefficient (Wildman–Crippen LogP) is -0.157. The summed E-state index contributed by atoms with van der Waals surface area (Å²) < 4.78 is 10.6. The molecule has 2 rings (SSSR count). The van der Waals surface area contributed by atoms with Crippen LogP contribution in [-0.4, -0.2) is 118 Å². The minimum Gasteiger partial charge on any atom is -0.460 e. The molecule has 0 fully saturated rings. The van der Waals surface area contributed by atoms with Crippen molar-refractivity contribution in [1.29, 1.82) is 0 Å². The van der Waals surface area contributed by atoms with E-state index in [-0.39, 0.29) is 77.5 Å². The van der Waals surface area contributed by atoms with Crippen LogP contribution in [0.4, 0.5) is 0 Å². The lowest BCUT2D eigenvalue weighted by Gasteiger charge is -2.28. The summed E-state index contributed by atoms with van der Waals surface area (Å²) in [4.78, 5) is 127. The maximum absolute atomic E-state index is 13.6. The lowest BCUT2D eigenvalue weighted by atomic mass is 10.0. The number of imide groups is 2. The first-order chi connectivity index (χ1) is 25.2. The summed E-state index contributed by atoms with van der Waals surface area (Å²) in [6, 6.07) is -3.40. The van der Waals surface area contributed by atoms with Crippen LogP contribution in [0, 0.1) is 0 Å². The van der Waals surface area contributed by atoms with Crippen LogP contribution in [-0.2, 0) is 57.4 Å². The first-order valence-electron chi connectivity index (χ1n) is 17.8. The van der Waals surface area contributed by atoms with Crippen LogP contribution in [0.1, 0.15) is 92.9 Å². The van der Waals surface area contributed by atoms with Gasteiger partial charge in [0.2, 0.25) is 23.6 Å². The number of hydrogen-bond donors (Lipinski definition) is 4. The SMILES string of the molecule is CC(C)(C)OC(=O)CCCNC(=O)[C@H](NC(=O)CCCN1C(=O)C=CC1=O)[C@@H](NC(=O)CCCN1C(=O)C=CC1=O)C(=O)NCCCC(=O)OC(C)(C)C. The summed E-state index contributed by atoms with van der Waals surface area (Å²) in [6.45, 7) is 9.92. The van der Waals surface area contributed by atoms with E-state index in [1.54, 1.807) is 41.5 Å². The van der Waals surface area contributed by atoms with Gasteiger partial charge in [-0.05, 0) is 67.2 Å². The third kappa shape index (κ3) is 16.5. The second-order valence-electron chi connectivity index (χ2n) is 14.6. The predicted molar refractivity (Wildman–Crippen MR) is 190 cm³/mol. The zero-order valence-electron chi connectivity index (χ0n) is 31.7. The second-order valence-corrected chi connectivity index (χ2v) is 14.6. The quantitative estimate of drug-likeness (QED) is 0.0678. The average Bonchev–Trinajstić information content (AvgIpc) is 3.55. The molecule has 2 heterocycles. The van der Waals surface area contributed by atoms with Crippen LogP contribution in [0.5, 0.6) is 0 Å². The number of rotatable bonds is 21. The van der Waals surface area contributed by atoms with E-state index in [9.17, 15) is 47.9 Å². The fraction of sp³-hybridized carbons (Fsp3) is 0.611. The number of hydrogen-bond acceptors (Lipinski definition) is 12. The maximum Gasteiger partial charge on any atom is 0.306 e. The van der Waals surface area contributed by atoms with Gasteiger partial charge in [0, 0.05) is 76.2 Å². The van der Waals surface area contributed by atoms with Crippen LogP contribution in [0.2, 0.25) is 0 Å². The van der Waals surface area contributed by atoms with E-state index in [0.717, 1.165) is 34.1 Å². The molecular formula is C36H52N6O12. The van der Waals surface area contributed by atoms with Gasteiger partial charge < -0.3 is 30.7 Å². The monoisotopic (exact) mass is 760 g/mol. The highest BCUT2D eigenvalue weighted by atomic mass is 16.6. The molecule has 0 aromatic heterocycles. The molecule has 0 saturated heterocycles. The Labute approximate surface area is 314 Å². The summed E-state index contributed by atoms with van der Waals surface area (Å²) in [5.74, 6) is -6.40. The van der Waals surface area contributed by atoms with E-state index in [1.165, 1.54) is 0 Å². The molecule has 4 N–H and O–H groups in total. The standard InChI is InChI=1S/C36H52N6O12/c1-35(2,3)53-29(49)13-7-19-37-33(51)31(39-23(43)11-9-21-41-25(45)15-16-26(41)46)32(34(52)38-20-8-14-30(50)54-36(4,5)6)40-24(44)12-10-22-42-27(47)17-18-28(42)48/h15-18,31-32H,7-14,19-22H2,1-6H3,(H,37,51)(H,38,52)(H,39,43)(H,40,44)/t31-,32-/m1/s1. The van der Waals surface area contributed by atoms with Gasteiger partial charge in [0.05, 0.1) is 0 Å². The van der Waals surface area contributed by atoms with Crippen LogP contribution < -0.4 is 21.3 Å². The number of nitrogens with zero attached hydrogens (tertiary/aromatic N) is 2. The molecule has 8 amide bonds. The summed E-state index contributed by atoms with van der Waals surface area (Å²) in [6.07, 6.45) is 4.08. The Kier molecular flexibility index (Phi) is 17.2. The van der Waals surface area contributed by atoms with Crippen molar-refractivity contribution in [3.8, 4) is 0 Å². The summed E-state index contributed by atoms with van der Waals surface area (Å²) >= 11 is 0. The Bertz CT molecular complexity index is 1380. The molecule has 0 spiro atoms. The smallest absolute Gasteiger partial charge is 0.306 e. The molecule has 0 unspecified atom stereocenters. The Morgan fingerprint density at radius 2 is 0.852 bits per heavy atom. The molecule has 0 aromatic rings. The van der Waals surface area contributed by atoms with E-state index in [1.807, 2.05) is 0 Å². The van der Waals surface area contributed by atoms with E-state index in [0.29, 0.717) is 0 Å². The molecule has 18 heteroatoms. The van der Waals surface area contributed by atoms with Crippen molar-refractivity contribution in [2.45, 2.75) is 116 Å². The van der Waals surface area contributed by atoms with Gasteiger partial charge in [-0.2, -0.15) is 0 Å². The largest absolute Gasteiger partial charge is 0.460 e. The van der Waals surface area contributed by atoms with Crippen molar-refractivity contribution in [1.82, 2.24) is 31.1 Å². The molecule has 298 valence electrons. The third-order valence-corrected chi connectivity index (χ3v) is 7.46. The molecule has 0 aromatic carbocycles. The average molecular weight is 761 g/mol. The highest BCUT2D eigenvalue weighted by Gasteiger charge is 2.36. The molecule has 0 saturated carbocycles. The van der Waals surface area contributed by atoms with Crippen LogP contribution >= 0.6 is 0 Å². The van der Waals surface area contributed by atoms with E-state index in [4.69, 9.17) is 9.47 Å². The molecule has 18 nitrogen and oxygen atoms in total. The van der Waals surface area contributed by atoms with Gasteiger partial charge in [-0.25, -0.2) is 0 Å². The van der Waals surface area contributed by atoms with Crippen molar-refractivity contribution in [3.05, 3.63) is 24.3 Å². The number of nitrogens with one attached hydrogen (secondary N) is 4. The maximum atomic E-state index is 13.6. The summed E-state index contributed by atoms with van der Waals surface area (Å²) in [5.41, 5.74) is -1.44. The van der Waals surface area contributed by atoms with Gasteiger partial charge in [0.25, 0.3) is 23.6 Å². The normalized spacial score (nSPS) is 15.2. The topological polar surface area (TPSA) is 244 Å². The molecule has 0 bridgehead atoms. The number of ether oxygens (including phenoxy) is 2. The number of amides is 8. The fourth-order valence-electron chi connectivity index (χ4n) is 5.08. The van der Waals surface area contributed by atoms with Gasteiger partial charge in [-0.1, -0.05) is 0 Å². The lowest BCUT2D eigenvalue weighted by molar-refractivity contribution is -0.156. The molecule has 0 radical (unpaired) electrons. The Morgan fingerprint density at radius 1 is 0.537 bits per heavy atom. The zero-order chi connectivity index (χ0) is 40.6. The number of carbonyl (C=O) groups excluding carboxylic acids is 10. The van der Waals surface area contributed by atoms with E-state index in [2.05, 4.69) is 21.3 Å². The Morgan fingerprint density at radius 3 is 1.15 bits per heavy atom. The first kappa shape index (κ1) is 44.7. The van der Waals surface area contributed by atoms with Gasteiger partial charge in [0.15, 0.2) is 0 Å². The van der Waals surface area contributed by atoms with E-state index >= 15 is 0 Å². The Balaban J connectivity index is 2.21. The fourth-order valence-corrected chi connectivity index (χ4v) is 5.08. The molecular weight excluding hydrogens is 708 g/mol. The molecule has 54 heavy (non-hydrogen) atoms. The highest BCUT2D eigenvalue weighted by Crippen LogP contribution is 2.11. The van der Waals surface area contributed by atoms with Crippen LogP contribution in [0.15, 0.2) is 24.3 Å². The van der Waals surface area contributed by atoms with Crippen molar-refractivity contribution >= 4 is 59.2 Å². The lowest BCUT2D eigenvalue weighted by Crippen LogP contribution is -2.63. The number of carbonyl (C=O) groups is 10.